The van der Waals surface area contributed by atoms with E-state index in [0.29, 0.717) is 12.3 Å². The van der Waals surface area contributed by atoms with E-state index >= 15 is 0 Å². The lowest BCUT2D eigenvalue weighted by molar-refractivity contribution is -0.159. The Morgan fingerprint density at radius 1 is 1.33 bits per heavy atom. The van der Waals surface area contributed by atoms with E-state index < -0.39 is 17.4 Å². The van der Waals surface area contributed by atoms with Crippen molar-refractivity contribution >= 4 is 17.6 Å². The van der Waals surface area contributed by atoms with Crippen LogP contribution in [-0.4, -0.2) is 54.2 Å². The Hall–Kier alpha value is -1.92. The number of esters is 1. The molecule has 3 heterocycles. The maximum Gasteiger partial charge on any atom is 0.311 e. The van der Waals surface area contributed by atoms with Crippen LogP contribution in [0.5, 0.6) is 0 Å². The third kappa shape index (κ3) is 2.26. The molecule has 6 heteroatoms. The summed E-state index contributed by atoms with van der Waals surface area (Å²) in [5.41, 5.74) is 1.47. The molecule has 6 atom stereocenters. The molecule has 0 bridgehead atoms. The number of piperidine rings is 1. The average Bonchev–Trinajstić information content (AvgIpc) is 3.19. The number of methoxy groups -OCH3 is 1. The van der Waals surface area contributed by atoms with Crippen molar-refractivity contribution in [3.05, 3.63) is 29.8 Å². The van der Waals surface area contributed by atoms with Gasteiger partial charge in [0, 0.05) is 18.3 Å². The van der Waals surface area contributed by atoms with Crippen molar-refractivity contribution in [1.29, 1.82) is 0 Å². The lowest BCUT2D eigenvalue weighted by Gasteiger charge is -2.49. The molecule has 4 aliphatic rings. The standard InChI is InChI=1S/C21H26N2O4/c1-27-19(25)18-13-10-17-21(14-4-2-3-5-15(14)22-20(21)26)8-9-23(17)11-12(13)6-7-16(18)24/h2-5,12-13,16-18,24H,6-11H2,1H3,(H,22,26). The summed E-state index contributed by atoms with van der Waals surface area (Å²) in [4.78, 5) is 28.0. The van der Waals surface area contributed by atoms with Gasteiger partial charge in [-0.3, -0.25) is 14.5 Å². The average molecular weight is 370 g/mol. The van der Waals surface area contributed by atoms with Crippen LogP contribution >= 0.6 is 0 Å². The Bertz CT molecular complexity index is 796. The highest BCUT2D eigenvalue weighted by molar-refractivity contribution is 6.07. The third-order valence-corrected chi connectivity index (χ3v) is 7.62. The molecule has 0 radical (unpaired) electrons. The number of aliphatic hydroxyl groups excluding tert-OH is 1. The van der Waals surface area contributed by atoms with Gasteiger partial charge in [0.05, 0.1) is 24.5 Å². The fourth-order valence-corrected chi connectivity index (χ4v) is 6.39. The first-order valence-corrected chi connectivity index (χ1v) is 9.97. The zero-order valence-corrected chi connectivity index (χ0v) is 15.6. The van der Waals surface area contributed by atoms with Gasteiger partial charge in [0.1, 0.15) is 0 Å². The molecule has 0 aromatic heterocycles. The van der Waals surface area contributed by atoms with E-state index in [1.54, 1.807) is 0 Å². The van der Waals surface area contributed by atoms with Crippen molar-refractivity contribution in [1.82, 2.24) is 4.90 Å². The van der Waals surface area contributed by atoms with E-state index in [1.165, 1.54) is 7.11 Å². The first-order valence-electron chi connectivity index (χ1n) is 9.97. The summed E-state index contributed by atoms with van der Waals surface area (Å²) in [5.74, 6) is -0.260. The molecule has 5 rings (SSSR count). The maximum atomic E-state index is 13.1. The Balaban J connectivity index is 1.53. The van der Waals surface area contributed by atoms with Crippen LogP contribution < -0.4 is 5.32 Å². The number of nitrogens with one attached hydrogen (secondary N) is 1. The van der Waals surface area contributed by atoms with Crippen LogP contribution in [0, 0.1) is 17.8 Å². The van der Waals surface area contributed by atoms with Gasteiger partial charge >= 0.3 is 5.97 Å². The maximum absolute atomic E-state index is 13.1. The van der Waals surface area contributed by atoms with Gasteiger partial charge in [-0.1, -0.05) is 18.2 Å². The molecule has 144 valence electrons. The number of fused-ring (bicyclic) bond motifs is 5. The molecule has 1 saturated carbocycles. The molecule has 2 saturated heterocycles. The summed E-state index contributed by atoms with van der Waals surface area (Å²) in [6.45, 7) is 1.80. The van der Waals surface area contributed by atoms with E-state index in [-0.39, 0.29) is 23.8 Å². The van der Waals surface area contributed by atoms with E-state index in [1.807, 2.05) is 18.2 Å². The number of nitrogens with zero attached hydrogens (tertiary/aromatic N) is 1. The number of hydrogen-bond acceptors (Lipinski definition) is 5. The minimum Gasteiger partial charge on any atom is -0.469 e. The van der Waals surface area contributed by atoms with E-state index in [2.05, 4.69) is 16.3 Å². The van der Waals surface area contributed by atoms with Crippen molar-refractivity contribution in [2.24, 2.45) is 17.8 Å². The smallest absolute Gasteiger partial charge is 0.311 e. The number of anilines is 1. The molecule has 1 aromatic rings. The second-order valence-corrected chi connectivity index (χ2v) is 8.59. The molecule has 1 aliphatic carbocycles. The number of aliphatic hydroxyl groups is 1. The molecule has 6 unspecified atom stereocenters. The zero-order chi connectivity index (χ0) is 18.8. The van der Waals surface area contributed by atoms with Crippen LogP contribution in [0.25, 0.3) is 0 Å². The van der Waals surface area contributed by atoms with Gasteiger partial charge in [0.2, 0.25) is 5.91 Å². The summed E-state index contributed by atoms with van der Waals surface area (Å²) in [5, 5.41) is 13.6. The van der Waals surface area contributed by atoms with Gasteiger partial charge < -0.3 is 15.2 Å². The second-order valence-electron chi connectivity index (χ2n) is 8.59. The van der Waals surface area contributed by atoms with Gasteiger partial charge in [0.15, 0.2) is 0 Å². The van der Waals surface area contributed by atoms with Gasteiger partial charge in [-0.15, -0.1) is 0 Å². The lowest BCUT2D eigenvalue weighted by Crippen LogP contribution is -2.57. The largest absolute Gasteiger partial charge is 0.469 e. The van der Waals surface area contributed by atoms with Crippen molar-refractivity contribution in [3.8, 4) is 0 Å². The number of rotatable bonds is 1. The van der Waals surface area contributed by atoms with E-state index in [4.69, 9.17) is 4.74 Å². The number of ether oxygens (including phenoxy) is 1. The van der Waals surface area contributed by atoms with Crippen LogP contribution in [0.3, 0.4) is 0 Å². The highest BCUT2D eigenvalue weighted by Gasteiger charge is 2.61. The molecule has 27 heavy (non-hydrogen) atoms. The van der Waals surface area contributed by atoms with Crippen LogP contribution in [-0.2, 0) is 19.7 Å². The third-order valence-electron chi connectivity index (χ3n) is 7.62. The molecular weight excluding hydrogens is 344 g/mol. The second kappa shape index (κ2) is 6.04. The molecule has 3 fully saturated rings. The Morgan fingerprint density at radius 2 is 2.15 bits per heavy atom. The van der Waals surface area contributed by atoms with Crippen molar-refractivity contribution in [2.45, 2.75) is 43.2 Å². The van der Waals surface area contributed by atoms with E-state index in [0.717, 1.165) is 43.6 Å². The lowest BCUT2D eigenvalue weighted by atomic mass is 9.62. The topological polar surface area (TPSA) is 78.9 Å². The summed E-state index contributed by atoms with van der Waals surface area (Å²) in [7, 11) is 1.39. The van der Waals surface area contributed by atoms with Crippen molar-refractivity contribution < 1.29 is 19.4 Å². The highest BCUT2D eigenvalue weighted by atomic mass is 16.5. The van der Waals surface area contributed by atoms with E-state index in [9.17, 15) is 14.7 Å². The molecule has 6 nitrogen and oxygen atoms in total. The first kappa shape index (κ1) is 17.2. The fourth-order valence-electron chi connectivity index (χ4n) is 6.39. The predicted octanol–water partition coefficient (Wildman–Crippen LogP) is 1.53. The number of benzene rings is 1. The van der Waals surface area contributed by atoms with Gasteiger partial charge in [-0.25, -0.2) is 0 Å². The number of carbonyl (C=O) groups is 2. The summed E-state index contributed by atoms with van der Waals surface area (Å²) in [6, 6.07) is 8.05. The van der Waals surface area contributed by atoms with Crippen LogP contribution in [0.15, 0.2) is 24.3 Å². The number of carbonyl (C=O) groups excluding carboxylic acids is 2. The minimum atomic E-state index is -0.646. The molecule has 2 N–H and O–H groups in total. The van der Waals surface area contributed by atoms with Gasteiger partial charge in [0.25, 0.3) is 0 Å². The molecular formula is C21H26N2O4. The zero-order valence-electron chi connectivity index (χ0n) is 15.6. The SMILES string of the molecule is COC(=O)C1C(O)CCC2CN3CCC4(C(=O)Nc5ccccc54)C3CC21. The summed E-state index contributed by atoms with van der Waals surface area (Å²) < 4.78 is 5.02. The quantitative estimate of drug-likeness (QED) is 0.733. The monoisotopic (exact) mass is 370 g/mol. The number of para-hydroxylation sites is 1. The molecule has 3 aliphatic heterocycles. The van der Waals surface area contributed by atoms with Crippen molar-refractivity contribution in [3.63, 3.8) is 0 Å². The molecule has 1 spiro atoms. The number of hydrogen-bond donors (Lipinski definition) is 2. The fraction of sp³-hybridized carbons (Fsp3) is 0.619. The Morgan fingerprint density at radius 3 is 2.96 bits per heavy atom. The molecule has 1 amide bonds. The predicted molar refractivity (Wildman–Crippen MR) is 99.1 cm³/mol. The van der Waals surface area contributed by atoms with Crippen molar-refractivity contribution in [2.75, 3.05) is 25.5 Å². The number of amides is 1. The molecule has 1 aromatic carbocycles. The Labute approximate surface area is 158 Å². The highest BCUT2D eigenvalue weighted by Crippen LogP contribution is 2.54. The van der Waals surface area contributed by atoms with Gasteiger partial charge in [-0.05, 0) is 55.7 Å². The van der Waals surface area contributed by atoms with Gasteiger partial charge in [-0.2, -0.15) is 0 Å². The minimum absolute atomic E-state index is 0.0676. The summed E-state index contributed by atoms with van der Waals surface area (Å²) >= 11 is 0. The Kier molecular flexibility index (Phi) is 3.85. The van der Waals surface area contributed by atoms with Crippen LogP contribution in [0.1, 0.15) is 31.2 Å². The first-order chi connectivity index (χ1) is 13.1. The summed E-state index contributed by atoms with van der Waals surface area (Å²) in [6.07, 6.45) is 2.49. The van der Waals surface area contributed by atoms with Crippen LogP contribution in [0.2, 0.25) is 0 Å². The normalized spacial score (nSPS) is 40.2. The van der Waals surface area contributed by atoms with Crippen LogP contribution in [0.4, 0.5) is 5.69 Å².